The SMILES string of the molecule is O=C1CN(c2ccc(Cn3cc(-c4ccc(F)c(F)c4)nc3C=Cc3ccc(-c4cccc(C(F)(F)F)c4)cc3)cc2)S(=O)(=O)N1. The summed E-state index contributed by atoms with van der Waals surface area (Å²) in [5.41, 5.74) is 2.83. The number of anilines is 1. The summed E-state index contributed by atoms with van der Waals surface area (Å²) < 4.78 is 96.1. The summed E-state index contributed by atoms with van der Waals surface area (Å²) in [6.45, 7) is -0.0499. The molecule has 1 N–H and O–H groups in total. The Hall–Kier alpha value is -5.30. The number of nitrogens with zero attached hydrogens (tertiary/aromatic N) is 3. The first-order valence-electron chi connectivity index (χ1n) is 13.8. The lowest BCUT2D eigenvalue weighted by atomic mass is 10.0. The van der Waals surface area contributed by atoms with E-state index in [4.69, 9.17) is 0 Å². The molecular weight excluding hydrogens is 627 g/mol. The molecule has 1 aromatic heterocycles. The number of imidazole rings is 1. The summed E-state index contributed by atoms with van der Waals surface area (Å²) in [5.74, 6) is -2.18. The van der Waals surface area contributed by atoms with Gasteiger partial charge in [-0.2, -0.15) is 21.6 Å². The molecule has 0 aliphatic carbocycles. The van der Waals surface area contributed by atoms with Gasteiger partial charge in [-0.3, -0.25) is 4.79 Å². The predicted molar refractivity (Wildman–Crippen MR) is 163 cm³/mol. The van der Waals surface area contributed by atoms with E-state index in [2.05, 4.69) is 4.98 Å². The fourth-order valence-corrected chi connectivity index (χ4v) is 6.11. The van der Waals surface area contributed by atoms with Gasteiger partial charge in [0.15, 0.2) is 11.6 Å². The Kier molecular flexibility index (Phi) is 7.94. The molecular formula is C33H23F5N4O3S. The van der Waals surface area contributed by atoms with Gasteiger partial charge in [-0.15, -0.1) is 0 Å². The van der Waals surface area contributed by atoms with E-state index < -0.39 is 39.5 Å². The molecule has 1 fully saturated rings. The van der Waals surface area contributed by atoms with Gasteiger partial charge in [0.25, 0.3) is 5.91 Å². The average molecular weight is 651 g/mol. The lowest BCUT2D eigenvalue weighted by Gasteiger charge is -2.15. The Morgan fingerprint density at radius 1 is 0.826 bits per heavy atom. The van der Waals surface area contributed by atoms with Crippen molar-refractivity contribution in [1.82, 2.24) is 14.3 Å². The van der Waals surface area contributed by atoms with E-state index in [9.17, 15) is 35.2 Å². The van der Waals surface area contributed by atoms with E-state index in [1.807, 2.05) is 4.72 Å². The number of hydrogen-bond donors (Lipinski definition) is 1. The van der Waals surface area contributed by atoms with Gasteiger partial charge in [0.1, 0.15) is 12.4 Å². The van der Waals surface area contributed by atoms with Crippen LogP contribution in [-0.4, -0.2) is 30.4 Å². The first kappa shape index (κ1) is 30.7. The molecule has 0 spiro atoms. The third kappa shape index (κ3) is 6.54. The molecule has 6 rings (SSSR count). The fraction of sp³-hybridized carbons (Fsp3) is 0.0909. The number of halogens is 5. The van der Waals surface area contributed by atoms with Crippen molar-refractivity contribution in [3.63, 3.8) is 0 Å². The second-order valence-corrected chi connectivity index (χ2v) is 12.1. The zero-order valence-corrected chi connectivity index (χ0v) is 24.5. The Morgan fingerprint density at radius 2 is 1.54 bits per heavy atom. The van der Waals surface area contributed by atoms with E-state index >= 15 is 0 Å². The number of carbonyl (C=O) groups is 1. The highest BCUT2D eigenvalue weighted by atomic mass is 32.2. The summed E-state index contributed by atoms with van der Waals surface area (Å²) in [6.07, 6.45) is 0.693. The van der Waals surface area contributed by atoms with Gasteiger partial charge in [-0.05, 0) is 70.8 Å². The number of rotatable bonds is 7. The van der Waals surface area contributed by atoms with Gasteiger partial charge >= 0.3 is 16.4 Å². The van der Waals surface area contributed by atoms with Crippen molar-refractivity contribution in [2.24, 2.45) is 0 Å². The molecule has 0 bridgehead atoms. The van der Waals surface area contributed by atoms with Crippen LogP contribution in [0.1, 0.15) is 22.5 Å². The Labute approximate surface area is 260 Å². The summed E-state index contributed by atoms with van der Waals surface area (Å²) in [7, 11) is -3.95. The van der Waals surface area contributed by atoms with Crippen LogP contribution >= 0.6 is 0 Å². The molecule has 4 aromatic carbocycles. The minimum absolute atomic E-state index is 0.273. The van der Waals surface area contributed by atoms with Gasteiger partial charge in [-0.25, -0.2) is 22.8 Å². The Morgan fingerprint density at radius 3 is 2.20 bits per heavy atom. The van der Waals surface area contributed by atoms with Crippen molar-refractivity contribution in [3.8, 4) is 22.4 Å². The highest BCUT2D eigenvalue weighted by molar-refractivity contribution is 7.92. The predicted octanol–water partition coefficient (Wildman–Crippen LogP) is 6.91. The van der Waals surface area contributed by atoms with Crippen LogP contribution in [0.15, 0.2) is 97.2 Å². The van der Waals surface area contributed by atoms with Gasteiger partial charge < -0.3 is 4.57 Å². The maximum absolute atomic E-state index is 14.0. The van der Waals surface area contributed by atoms with Crippen LogP contribution in [0.4, 0.5) is 27.6 Å². The van der Waals surface area contributed by atoms with Gasteiger partial charge in [0.2, 0.25) is 0 Å². The normalized spacial score (nSPS) is 14.6. The molecule has 1 amide bonds. The third-order valence-electron chi connectivity index (χ3n) is 7.28. The molecule has 0 radical (unpaired) electrons. The number of carbonyl (C=O) groups excluding carboxylic acids is 1. The van der Waals surface area contributed by atoms with Crippen LogP contribution in [0.3, 0.4) is 0 Å². The highest BCUT2D eigenvalue weighted by Crippen LogP contribution is 2.32. The van der Waals surface area contributed by atoms with Crippen molar-refractivity contribution >= 4 is 34.0 Å². The van der Waals surface area contributed by atoms with E-state index in [1.165, 1.54) is 12.1 Å². The molecule has 2 heterocycles. The zero-order chi connectivity index (χ0) is 32.6. The number of hydrogen-bond acceptors (Lipinski definition) is 4. The first-order valence-corrected chi connectivity index (χ1v) is 15.2. The molecule has 0 atom stereocenters. The topological polar surface area (TPSA) is 84.3 Å². The van der Waals surface area contributed by atoms with Crippen LogP contribution in [0.5, 0.6) is 0 Å². The molecule has 1 aliphatic rings. The molecule has 0 unspecified atom stereocenters. The standard InChI is InChI=1S/C33H23F5N4O3S/c34-28-14-11-25(17-29(28)35)30-19-41(18-22-6-12-27(13-7-22)42-20-32(43)40-46(42,44)45)31(39-30)15-8-21-4-9-23(10-5-21)24-2-1-3-26(16-24)33(36,37)38/h1-17,19H,18,20H2,(H,40,43). The van der Waals surface area contributed by atoms with Crippen LogP contribution in [0.25, 0.3) is 34.5 Å². The molecule has 5 aromatic rings. The Bertz CT molecular complexity index is 2070. The zero-order valence-electron chi connectivity index (χ0n) is 23.7. The lowest BCUT2D eigenvalue weighted by molar-refractivity contribution is -0.137. The first-order chi connectivity index (χ1) is 21.9. The van der Waals surface area contributed by atoms with Gasteiger partial charge in [0.05, 0.1) is 16.9 Å². The average Bonchev–Trinajstić information content (AvgIpc) is 3.55. The van der Waals surface area contributed by atoms with Crippen LogP contribution in [0, 0.1) is 11.6 Å². The van der Waals surface area contributed by atoms with Crippen molar-refractivity contribution in [2.45, 2.75) is 12.7 Å². The molecule has 1 saturated heterocycles. The quantitative estimate of drug-likeness (QED) is 0.194. The molecule has 1 aliphatic heterocycles. The second-order valence-electron chi connectivity index (χ2n) is 10.5. The van der Waals surface area contributed by atoms with Crippen LogP contribution in [0.2, 0.25) is 0 Å². The van der Waals surface area contributed by atoms with Gasteiger partial charge in [-0.1, -0.05) is 54.6 Å². The maximum atomic E-state index is 14.0. The molecule has 234 valence electrons. The number of benzene rings is 4. The summed E-state index contributed by atoms with van der Waals surface area (Å²) >= 11 is 0. The number of aromatic nitrogens is 2. The van der Waals surface area contributed by atoms with Crippen molar-refractivity contribution in [1.29, 1.82) is 0 Å². The van der Waals surface area contributed by atoms with Crippen LogP contribution < -0.4 is 9.03 Å². The van der Waals surface area contributed by atoms with E-state index in [-0.39, 0.29) is 13.1 Å². The highest BCUT2D eigenvalue weighted by Gasteiger charge is 2.34. The van der Waals surface area contributed by atoms with E-state index in [0.717, 1.165) is 39.7 Å². The van der Waals surface area contributed by atoms with Gasteiger partial charge in [0, 0.05) is 18.3 Å². The van der Waals surface area contributed by atoms with E-state index in [0.29, 0.717) is 33.9 Å². The van der Waals surface area contributed by atoms with E-state index in [1.54, 1.807) is 77.5 Å². The van der Waals surface area contributed by atoms with Crippen molar-refractivity contribution < 1.29 is 35.2 Å². The minimum Gasteiger partial charge on any atom is -0.326 e. The van der Waals surface area contributed by atoms with Crippen LogP contribution in [-0.2, 0) is 27.7 Å². The van der Waals surface area contributed by atoms with Crippen molar-refractivity contribution in [2.75, 3.05) is 10.8 Å². The number of alkyl halides is 3. The lowest BCUT2D eigenvalue weighted by Crippen LogP contribution is -2.29. The molecule has 46 heavy (non-hydrogen) atoms. The summed E-state index contributed by atoms with van der Waals surface area (Å²) in [4.78, 5) is 16.2. The summed E-state index contributed by atoms with van der Waals surface area (Å²) in [5, 5.41) is 0. The third-order valence-corrected chi connectivity index (χ3v) is 8.68. The fourth-order valence-electron chi connectivity index (χ4n) is 4.96. The second kappa shape index (κ2) is 11.9. The number of nitrogens with one attached hydrogen (secondary N) is 1. The largest absolute Gasteiger partial charge is 0.416 e. The smallest absolute Gasteiger partial charge is 0.326 e. The maximum Gasteiger partial charge on any atom is 0.416 e. The molecule has 7 nitrogen and oxygen atoms in total. The Balaban J connectivity index is 1.28. The number of amides is 1. The minimum atomic E-state index is -4.45. The summed E-state index contributed by atoms with van der Waals surface area (Å²) in [6, 6.07) is 22.0. The van der Waals surface area contributed by atoms with Crippen molar-refractivity contribution in [3.05, 3.63) is 131 Å². The monoisotopic (exact) mass is 650 g/mol. The molecule has 0 saturated carbocycles. The molecule has 13 heteroatoms.